The van der Waals surface area contributed by atoms with Crippen LogP contribution < -0.4 is 10.6 Å². The maximum Gasteiger partial charge on any atom is 0.320 e. The molecule has 1 fully saturated rings. The van der Waals surface area contributed by atoms with E-state index in [4.69, 9.17) is 0 Å². The third-order valence-electron chi connectivity index (χ3n) is 4.55. The Morgan fingerprint density at radius 3 is 2.81 bits per heavy atom. The van der Waals surface area contributed by atoms with Crippen molar-refractivity contribution in [3.05, 3.63) is 65.5 Å². The number of rotatable bonds is 4. The van der Waals surface area contributed by atoms with Gasteiger partial charge in [-0.1, -0.05) is 42.5 Å². The van der Waals surface area contributed by atoms with Crippen LogP contribution in [0.5, 0.6) is 0 Å². The van der Waals surface area contributed by atoms with E-state index >= 15 is 0 Å². The van der Waals surface area contributed by atoms with Crippen LogP contribution >= 0.6 is 11.3 Å². The molecular formula is C20H19N3O2S. The predicted molar refractivity (Wildman–Crippen MR) is 104 cm³/mol. The second-order valence-electron chi connectivity index (χ2n) is 6.39. The van der Waals surface area contributed by atoms with Crippen LogP contribution in [0.3, 0.4) is 0 Å². The van der Waals surface area contributed by atoms with E-state index in [-0.39, 0.29) is 18.0 Å². The number of amides is 3. The fourth-order valence-corrected chi connectivity index (χ4v) is 3.95. The van der Waals surface area contributed by atoms with E-state index in [1.165, 1.54) is 16.7 Å². The standard InChI is InChI=1S/C20H19N3O2S/c24-19-11-16(21-20(25)22-18-9-4-10-26-18)13-23(19)12-15-7-3-6-14-5-1-2-8-17(14)15/h1-10,16H,11-13H2,(H2,21,22,25). The summed E-state index contributed by atoms with van der Waals surface area (Å²) >= 11 is 1.46. The monoisotopic (exact) mass is 365 g/mol. The molecule has 26 heavy (non-hydrogen) atoms. The third kappa shape index (κ3) is 3.55. The minimum atomic E-state index is -0.266. The molecule has 4 rings (SSSR count). The second-order valence-corrected chi connectivity index (χ2v) is 7.34. The van der Waals surface area contributed by atoms with Crippen LogP contribution in [0, 0.1) is 0 Å². The van der Waals surface area contributed by atoms with Crippen molar-refractivity contribution in [1.29, 1.82) is 0 Å². The summed E-state index contributed by atoms with van der Waals surface area (Å²) < 4.78 is 0. The zero-order chi connectivity index (χ0) is 17.9. The Labute approximate surface area is 155 Å². The molecular weight excluding hydrogens is 346 g/mol. The summed E-state index contributed by atoms with van der Waals surface area (Å²) in [6.45, 7) is 1.09. The number of anilines is 1. The number of thiophene rings is 1. The zero-order valence-electron chi connectivity index (χ0n) is 14.1. The fourth-order valence-electron chi connectivity index (χ4n) is 3.34. The lowest BCUT2D eigenvalue weighted by molar-refractivity contribution is -0.128. The Kier molecular flexibility index (Phi) is 4.58. The van der Waals surface area contributed by atoms with Crippen molar-refractivity contribution in [2.24, 2.45) is 0 Å². The molecule has 0 saturated carbocycles. The summed E-state index contributed by atoms with van der Waals surface area (Å²) in [6, 6.07) is 17.6. The van der Waals surface area contributed by atoms with Gasteiger partial charge in [0.2, 0.25) is 5.91 Å². The SMILES string of the molecule is O=C(Nc1cccs1)NC1CC(=O)N(Cc2cccc3ccccc23)C1. The molecule has 1 atom stereocenters. The highest BCUT2D eigenvalue weighted by Gasteiger charge is 2.30. The summed E-state index contributed by atoms with van der Waals surface area (Å²) in [4.78, 5) is 26.3. The van der Waals surface area contributed by atoms with E-state index < -0.39 is 0 Å². The molecule has 1 aliphatic heterocycles. The van der Waals surface area contributed by atoms with Crippen molar-refractivity contribution in [3.8, 4) is 0 Å². The topological polar surface area (TPSA) is 61.4 Å². The van der Waals surface area contributed by atoms with Crippen LogP contribution in [0.4, 0.5) is 9.80 Å². The minimum Gasteiger partial charge on any atom is -0.336 e. The van der Waals surface area contributed by atoms with Gasteiger partial charge in [-0.2, -0.15) is 0 Å². The van der Waals surface area contributed by atoms with E-state index in [1.54, 1.807) is 0 Å². The maximum absolute atomic E-state index is 12.4. The van der Waals surface area contributed by atoms with Gasteiger partial charge in [0.05, 0.1) is 11.0 Å². The number of hydrogen-bond donors (Lipinski definition) is 2. The van der Waals surface area contributed by atoms with Crippen LogP contribution in [0.2, 0.25) is 0 Å². The number of fused-ring (bicyclic) bond motifs is 1. The van der Waals surface area contributed by atoms with Gasteiger partial charge in [-0.3, -0.25) is 10.1 Å². The first-order valence-electron chi connectivity index (χ1n) is 8.54. The van der Waals surface area contributed by atoms with Gasteiger partial charge in [-0.05, 0) is 33.8 Å². The van der Waals surface area contributed by atoms with Gasteiger partial charge in [-0.25, -0.2) is 4.79 Å². The first-order valence-corrected chi connectivity index (χ1v) is 9.42. The number of hydrogen-bond acceptors (Lipinski definition) is 3. The quantitative estimate of drug-likeness (QED) is 0.738. The second kappa shape index (κ2) is 7.17. The lowest BCUT2D eigenvalue weighted by Gasteiger charge is -2.18. The average Bonchev–Trinajstić information content (AvgIpc) is 3.25. The van der Waals surface area contributed by atoms with E-state index in [0.717, 1.165) is 16.0 Å². The third-order valence-corrected chi connectivity index (χ3v) is 5.33. The Bertz CT molecular complexity index is 934. The Morgan fingerprint density at radius 2 is 1.96 bits per heavy atom. The van der Waals surface area contributed by atoms with E-state index in [1.807, 2.05) is 40.6 Å². The zero-order valence-corrected chi connectivity index (χ0v) is 15.0. The van der Waals surface area contributed by atoms with Crippen LogP contribution in [-0.2, 0) is 11.3 Å². The molecule has 0 aliphatic carbocycles. The molecule has 2 N–H and O–H groups in total. The summed E-state index contributed by atoms with van der Waals surface area (Å²) in [5, 5.41) is 10.7. The van der Waals surface area contributed by atoms with Crippen LogP contribution in [0.1, 0.15) is 12.0 Å². The summed E-state index contributed by atoms with van der Waals surface area (Å²) in [7, 11) is 0. The van der Waals surface area contributed by atoms with Crippen LogP contribution in [0.25, 0.3) is 10.8 Å². The number of nitrogens with one attached hydrogen (secondary N) is 2. The van der Waals surface area contributed by atoms with Crippen molar-refractivity contribution >= 4 is 39.0 Å². The Balaban J connectivity index is 1.41. The minimum absolute atomic E-state index is 0.0688. The molecule has 3 amide bonds. The van der Waals surface area contributed by atoms with Gasteiger partial charge < -0.3 is 10.2 Å². The van der Waals surface area contributed by atoms with E-state index in [2.05, 4.69) is 34.9 Å². The number of likely N-dealkylation sites (tertiary alicyclic amines) is 1. The summed E-state index contributed by atoms with van der Waals surface area (Å²) in [6.07, 6.45) is 0.336. The molecule has 6 heteroatoms. The molecule has 3 aromatic rings. The fraction of sp³-hybridized carbons (Fsp3) is 0.200. The Hall–Kier alpha value is -2.86. The van der Waals surface area contributed by atoms with Crippen LogP contribution in [0.15, 0.2) is 60.0 Å². The number of benzene rings is 2. The van der Waals surface area contributed by atoms with Crippen molar-refractivity contribution in [2.75, 3.05) is 11.9 Å². The molecule has 0 radical (unpaired) electrons. The normalized spacial score (nSPS) is 16.8. The first-order chi connectivity index (χ1) is 12.7. The molecule has 2 heterocycles. The summed E-state index contributed by atoms with van der Waals surface area (Å²) in [5.41, 5.74) is 1.13. The highest BCUT2D eigenvalue weighted by atomic mass is 32.1. The van der Waals surface area contributed by atoms with E-state index in [0.29, 0.717) is 19.5 Å². The van der Waals surface area contributed by atoms with Gasteiger partial charge in [0.15, 0.2) is 0 Å². The molecule has 5 nitrogen and oxygen atoms in total. The lowest BCUT2D eigenvalue weighted by Crippen LogP contribution is -2.39. The van der Waals surface area contributed by atoms with Gasteiger partial charge in [0.1, 0.15) is 0 Å². The van der Waals surface area contributed by atoms with Gasteiger partial charge >= 0.3 is 6.03 Å². The van der Waals surface area contributed by atoms with Crippen LogP contribution in [-0.4, -0.2) is 29.4 Å². The molecule has 1 saturated heterocycles. The predicted octanol–water partition coefficient (Wildman–Crippen LogP) is 3.82. The molecule has 1 aliphatic rings. The largest absolute Gasteiger partial charge is 0.336 e. The maximum atomic E-state index is 12.4. The van der Waals surface area contributed by atoms with Crippen molar-refractivity contribution in [2.45, 2.75) is 19.0 Å². The number of urea groups is 1. The first kappa shape index (κ1) is 16.6. The molecule has 1 aromatic heterocycles. The molecule has 0 spiro atoms. The van der Waals surface area contributed by atoms with Gasteiger partial charge in [0.25, 0.3) is 0 Å². The molecule has 0 bridgehead atoms. The summed E-state index contributed by atoms with van der Waals surface area (Å²) in [5.74, 6) is 0.0688. The molecule has 1 unspecified atom stereocenters. The van der Waals surface area contributed by atoms with Gasteiger partial charge in [0, 0.05) is 19.5 Å². The number of carbonyl (C=O) groups excluding carboxylic acids is 2. The smallest absolute Gasteiger partial charge is 0.320 e. The Morgan fingerprint density at radius 1 is 1.12 bits per heavy atom. The number of nitrogens with zero attached hydrogens (tertiary/aromatic N) is 1. The molecule has 2 aromatic carbocycles. The van der Waals surface area contributed by atoms with Crippen molar-refractivity contribution in [1.82, 2.24) is 10.2 Å². The van der Waals surface area contributed by atoms with Gasteiger partial charge in [-0.15, -0.1) is 11.3 Å². The highest BCUT2D eigenvalue weighted by Crippen LogP contribution is 2.22. The van der Waals surface area contributed by atoms with E-state index in [9.17, 15) is 9.59 Å². The lowest BCUT2D eigenvalue weighted by atomic mass is 10.0. The molecule has 132 valence electrons. The van der Waals surface area contributed by atoms with Crippen molar-refractivity contribution < 1.29 is 9.59 Å². The van der Waals surface area contributed by atoms with Crippen molar-refractivity contribution in [3.63, 3.8) is 0 Å². The highest BCUT2D eigenvalue weighted by molar-refractivity contribution is 7.14. The number of carbonyl (C=O) groups is 2. The average molecular weight is 365 g/mol.